The van der Waals surface area contributed by atoms with Crippen molar-refractivity contribution in [1.29, 1.82) is 0 Å². The molecule has 0 aromatic rings. The van der Waals surface area contributed by atoms with Crippen LogP contribution in [0.25, 0.3) is 0 Å². The van der Waals surface area contributed by atoms with Crippen molar-refractivity contribution in [2.45, 2.75) is 13.8 Å². The largest absolute Gasteiger partial charge is 0.402 e. The number of hydrogen-bond acceptors (Lipinski definition) is 2. The molecule has 0 radical (unpaired) electrons. The normalized spacial score (nSPS) is 13.6. The van der Waals surface area contributed by atoms with E-state index in [0.717, 1.165) is 11.3 Å². The van der Waals surface area contributed by atoms with Crippen LogP contribution in [0.15, 0.2) is 29.0 Å². The van der Waals surface area contributed by atoms with E-state index in [4.69, 9.17) is 5.73 Å². The second kappa shape index (κ2) is 3.89. The zero-order chi connectivity index (χ0) is 7.28. The van der Waals surface area contributed by atoms with Crippen LogP contribution in [0.3, 0.4) is 0 Å². The second-order valence-electron chi connectivity index (χ2n) is 1.83. The minimum absolute atomic E-state index is 0.792. The van der Waals surface area contributed by atoms with Crippen LogP contribution in [-0.4, -0.2) is 6.21 Å². The Kier molecular flexibility index (Phi) is 3.44. The lowest BCUT2D eigenvalue weighted by Gasteiger charge is -1.91. The average Bonchev–Trinajstić information content (AvgIpc) is 1.82. The van der Waals surface area contributed by atoms with Gasteiger partial charge < -0.3 is 5.73 Å². The van der Waals surface area contributed by atoms with Crippen LogP contribution in [0.4, 0.5) is 0 Å². The third kappa shape index (κ3) is 3.53. The number of allylic oxidation sites excluding steroid dienone is 2. The van der Waals surface area contributed by atoms with Crippen LogP contribution < -0.4 is 5.73 Å². The zero-order valence-electron chi connectivity index (χ0n) is 5.89. The summed E-state index contributed by atoms with van der Waals surface area (Å²) in [6, 6.07) is 0. The maximum atomic E-state index is 5.43. The molecule has 0 bridgehead atoms. The third-order valence-corrected chi connectivity index (χ3v) is 0.996. The predicted molar refractivity (Wildman–Crippen MR) is 41.3 cm³/mol. The molecule has 0 saturated heterocycles. The maximum Gasteiger partial charge on any atom is 0.0313 e. The molecule has 50 valence electrons. The number of nitrogens with zero attached hydrogens (tertiary/aromatic N) is 1. The van der Waals surface area contributed by atoms with E-state index >= 15 is 0 Å². The minimum Gasteiger partial charge on any atom is -0.402 e. The van der Waals surface area contributed by atoms with Crippen molar-refractivity contribution >= 4 is 6.21 Å². The Morgan fingerprint density at radius 3 is 2.44 bits per heavy atom. The Bertz CT molecular complexity index is 150. The highest BCUT2D eigenvalue weighted by Gasteiger charge is 1.83. The lowest BCUT2D eigenvalue weighted by molar-refractivity contribution is 1.26. The Morgan fingerprint density at radius 1 is 1.56 bits per heavy atom. The van der Waals surface area contributed by atoms with E-state index in [9.17, 15) is 0 Å². The first-order valence-electron chi connectivity index (χ1n) is 2.75. The van der Waals surface area contributed by atoms with Gasteiger partial charge in [-0.1, -0.05) is 6.58 Å². The molecule has 0 spiro atoms. The SMILES string of the molecule is C=C/N=C\C(C)=C(/C)N. The van der Waals surface area contributed by atoms with Crippen molar-refractivity contribution < 1.29 is 0 Å². The van der Waals surface area contributed by atoms with E-state index in [1.807, 2.05) is 13.8 Å². The van der Waals surface area contributed by atoms with Gasteiger partial charge in [0.2, 0.25) is 0 Å². The van der Waals surface area contributed by atoms with E-state index in [2.05, 4.69) is 11.6 Å². The van der Waals surface area contributed by atoms with Crippen LogP contribution in [0.2, 0.25) is 0 Å². The van der Waals surface area contributed by atoms with Gasteiger partial charge in [-0.25, -0.2) is 0 Å². The molecule has 0 heterocycles. The zero-order valence-corrected chi connectivity index (χ0v) is 5.89. The topological polar surface area (TPSA) is 38.4 Å². The first-order valence-corrected chi connectivity index (χ1v) is 2.75. The lowest BCUT2D eigenvalue weighted by Crippen LogP contribution is -1.95. The summed E-state index contributed by atoms with van der Waals surface area (Å²) in [4.78, 5) is 3.79. The monoisotopic (exact) mass is 124 g/mol. The molecule has 0 rings (SSSR count). The summed E-state index contributed by atoms with van der Waals surface area (Å²) in [6.07, 6.45) is 3.16. The van der Waals surface area contributed by atoms with Gasteiger partial charge in [-0.3, -0.25) is 4.99 Å². The molecule has 0 unspecified atom stereocenters. The highest BCUT2D eigenvalue weighted by atomic mass is 14.7. The van der Waals surface area contributed by atoms with Gasteiger partial charge in [0.25, 0.3) is 0 Å². The van der Waals surface area contributed by atoms with Crippen molar-refractivity contribution in [2.24, 2.45) is 10.7 Å². The summed E-state index contributed by atoms with van der Waals surface area (Å²) < 4.78 is 0. The molecule has 0 aromatic heterocycles. The Morgan fingerprint density at radius 2 is 2.11 bits per heavy atom. The van der Waals surface area contributed by atoms with Gasteiger partial charge in [0.1, 0.15) is 0 Å². The fourth-order valence-corrected chi connectivity index (χ4v) is 0.266. The van der Waals surface area contributed by atoms with Gasteiger partial charge >= 0.3 is 0 Å². The first kappa shape index (κ1) is 7.95. The molecular formula is C7H12N2. The van der Waals surface area contributed by atoms with Gasteiger partial charge in [-0.15, -0.1) is 0 Å². The Balaban J connectivity index is 4.06. The van der Waals surface area contributed by atoms with Gasteiger partial charge in [-0.05, 0) is 19.4 Å². The van der Waals surface area contributed by atoms with Gasteiger partial charge in [0.15, 0.2) is 0 Å². The van der Waals surface area contributed by atoms with E-state index in [1.54, 1.807) is 6.21 Å². The molecule has 0 amide bonds. The van der Waals surface area contributed by atoms with E-state index in [-0.39, 0.29) is 0 Å². The van der Waals surface area contributed by atoms with Gasteiger partial charge in [-0.2, -0.15) is 0 Å². The second-order valence-corrected chi connectivity index (χ2v) is 1.83. The van der Waals surface area contributed by atoms with Crippen LogP contribution >= 0.6 is 0 Å². The molecule has 0 fully saturated rings. The molecule has 2 N–H and O–H groups in total. The van der Waals surface area contributed by atoms with Crippen LogP contribution in [0.1, 0.15) is 13.8 Å². The minimum atomic E-state index is 0.792. The highest BCUT2D eigenvalue weighted by molar-refractivity contribution is 5.78. The molecule has 0 saturated carbocycles. The maximum absolute atomic E-state index is 5.43. The Labute approximate surface area is 55.8 Å². The molecular weight excluding hydrogens is 112 g/mol. The fourth-order valence-electron chi connectivity index (χ4n) is 0.266. The summed E-state index contributed by atoms with van der Waals surface area (Å²) in [5, 5.41) is 0. The average molecular weight is 124 g/mol. The van der Waals surface area contributed by atoms with Gasteiger partial charge in [0.05, 0.1) is 0 Å². The molecule has 2 nitrogen and oxygen atoms in total. The summed E-state index contributed by atoms with van der Waals surface area (Å²) in [5.74, 6) is 0. The van der Waals surface area contributed by atoms with Crippen LogP contribution in [0.5, 0.6) is 0 Å². The fraction of sp³-hybridized carbons (Fsp3) is 0.286. The van der Waals surface area contributed by atoms with Crippen molar-refractivity contribution in [3.8, 4) is 0 Å². The van der Waals surface area contributed by atoms with Crippen molar-refractivity contribution in [3.63, 3.8) is 0 Å². The first-order chi connectivity index (χ1) is 4.18. The molecule has 0 aliphatic rings. The van der Waals surface area contributed by atoms with Crippen LogP contribution in [0, 0.1) is 0 Å². The van der Waals surface area contributed by atoms with E-state index < -0.39 is 0 Å². The Hall–Kier alpha value is -1.05. The number of aliphatic imine (C=N–C) groups is 1. The summed E-state index contributed by atoms with van der Waals surface area (Å²) in [6.45, 7) is 7.17. The standard InChI is InChI=1S/C7H12N2/c1-4-9-5-6(2)7(3)8/h4-5H,1,8H2,2-3H3/b7-6+,9-5-. The molecule has 0 aliphatic heterocycles. The van der Waals surface area contributed by atoms with E-state index in [0.29, 0.717) is 0 Å². The smallest absolute Gasteiger partial charge is 0.0313 e. The quantitative estimate of drug-likeness (QED) is 0.556. The third-order valence-electron chi connectivity index (χ3n) is 0.996. The van der Waals surface area contributed by atoms with Gasteiger partial charge in [0, 0.05) is 18.1 Å². The van der Waals surface area contributed by atoms with Crippen LogP contribution in [-0.2, 0) is 0 Å². The molecule has 2 heteroatoms. The lowest BCUT2D eigenvalue weighted by atomic mass is 10.3. The predicted octanol–water partition coefficient (Wildman–Crippen LogP) is 1.45. The summed E-state index contributed by atoms with van der Waals surface area (Å²) in [5.41, 5.74) is 7.20. The van der Waals surface area contributed by atoms with E-state index in [1.165, 1.54) is 6.20 Å². The molecule has 9 heavy (non-hydrogen) atoms. The number of rotatable bonds is 2. The number of hydrogen-bond donors (Lipinski definition) is 1. The van der Waals surface area contributed by atoms with Crippen molar-refractivity contribution in [2.75, 3.05) is 0 Å². The molecule has 0 atom stereocenters. The number of nitrogens with two attached hydrogens (primary N) is 1. The highest BCUT2D eigenvalue weighted by Crippen LogP contribution is 1.91. The van der Waals surface area contributed by atoms with Crippen molar-refractivity contribution in [1.82, 2.24) is 0 Å². The molecule has 0 aliphatic carbocycles. The summed E-state index contributed by atoms with van der Waals surface area (Å²) >= 11 is 0. The molecule has 0 aromatic carbocycles. The summed E-state index contributed by atoms with van der Waals surface area (Å²) in [7, 11) is 0. The van der Waals surface area contributed by atoms with Crippen molar-refractivity contribution in [3.05, 3.63) is 24.0 Å².